The first-order chi connectivity index (χ1) is 17.1. The Hall–Kier alpha value is -4.04. The molecule has 8 heteroatoms. The molecular weight excluding hydrogens is 441 g/mol. The van der Waals surface area contributed by atoms with E-state index in [0.29, 0.717) is 22.6 Å². The van der Waals surface area contributed by atoms with E-state index >= 15 is 0 Å². The van der Waals surface area contributed by atoms with Gasteiger partial charge in [-0.1, -0.05) is 12.1 Å². The maximum absolute atomic E-state index is 14.6. The van der Waals surface area contributed by atoms with Gasteiger partial charge in [0.15, 0.2) is 5.65 Å². The van der Waals surface area contributed by atoms with E-state index in [1.165, 1.54) is 6.07 Å². The van der Waals surface area contributed by atoms with Crippen LogP contribution in [0.5, 0.6) is 0 Å². The molecule has 1 saturated heterocycles. The van der Waals surface area contributed by atoms with Crippen molar-refractivity contribution in [1.29, 1.82) is 0 Å². The molecule has 0 radical (unpaired) electrons. The predicted octanol–water partition coefficient (Wildman–Crippen LogP) is 4.33. The number of aliphatic imine (C=N–C) groups is 1. The van der Waals surface area contributed by atoms with Gasteiger partial charge in [0.05, 0.1) is 11.7 Å². The number of hydrogen-bond acceptors (Lipinski definition) is 7. The summed E-state index contributed by atoms with van der Waals surface area (Å²) in [4.78, 5) is 20.5. The van der Waals surface area contributed by atoms with Crippen LogP contribution in [0, 0.1) is 5.82 Å². The molecule has 176 valence electrons. The second kappa shape index (κ2) is 10.1. The molecule has 4 heterocycles. The molecule has 7 nitrogen and oxygen atoms in total. The highest BCUT2D eigenvalue weighted by atomic mass is 19.1. The summed E-state index contributed by atoms with van der Waals surface area (Å²) in [6, 6.07) is 14.5. The summed E-state index contributed by atoms with van der Waals surface area (Å²) < 4.78 is 14.6. The number of benzene rings is 1. The Morgan fingerprint density at radius 2 is 1.91 bits per heavy atom. The number of fused-ring (bicyclic) bond motifs is 1. The highest BCUT2D eigenvalue weighted by Crippen LogP contribution is 2.32. The van der Waals surface area contributed by atoms with Gasteiger partial charge in [0.25, 0.3) is 0 Å². The zero-order valence-electron chi connectivity index (χ0n) is 19.5. The van der Waals surface area contributed by atoms with Crippen molar-refractivity contribution >= 4 is 23.0 Å². The molecule has 0 bridgehead atoms. The van der Waals surface area contributed by atoms with Crippen LogP contribution in [-0.4, -0.2) is 58.0 Å². The van der Waals surface area contributed by atoms with Gasteiger partial charge in [-0.25, -0.2) is 14.4 Å². The number of halogens is 1. The van der Waals surface area contributed by atoms with Crippen molar-refractivity contribution in [3.63, 3.8) is 0 Å². The first-order valence-electron chi connectivity index (χ1n) is 11.6. The minimum atomic E-state index is -0.337. The molecule has 0 saturated carbocycles. The normalized spacial score (nSPS) is 15.8. The number of likely N-dealkylation sites (tertiary alicyclic amines) is 1. The SMILES string of the molecule is CN1CCC(N=CC(=NN)c2cncc(-c3cc(-c4ccccc4F)nc4ncccc34)c2)CC1. The van der Waals surface area contributed by atoms with Gasteiger partial charge >= 0.3 is 0 Å². The van der Waals surface area contributed by atoms with Crippen LogP contribution in [0.2, 0.25) is 0 Å². The molecule has 0 atom stereocenters. The molecule has 2 N–H and O–H groups in total. The summed E-state index contributed by atoms with van der Waals surface area (Å²) in [6.45, 7) is 2.06. The molecule has 0 spiro atoms. The standard InChI is InChI=1S/C27H26FN7/c1-35-11-8-20(9-12-35)32-17-26(34-29)19-13-18(15-30-16-19)23-14-25(22-5-2-3-7-24(22)28)33-27-21(23)6-4-10-31-27/h2-7,10,13-17,20H,8-9,11-12,29H2,1H3. The summed E-state index contributed by atoms with van der Waals surface area (Å²) in [6.07, 6.45) is 8.93. The Morgan fingerprint density at radius 3 is 2.71 bits per heavy atom. The largest absolute Gasteiger partial charge is 0.323 e. The van der Waals surface area contributed by atoms with Crippen LogP contribution in [0.25, 0.3) is 33.4 Å². The van der Waals surface area contributed by atoms with Gasteiger partial charge in [-0.2, -0.15) is 5.10 Å². The van der Waals surface area contributed by atoms with Crippen molar-refractivity contribution in [3.05, 3.63) is 78.5 Å². The minimum Gasteiger partial charge on any atom is -0.323 e. The molecular formula is C27H26FN7. The van der Waals surface area contributed by atoms with E-state index in [4.69, 9.17) is 10.8 Å². The quantitative estimate of drug-likeness (QED) is 0.268. The van der Waals surface area contributed by atoms with Gasteiger partial charge in [0, 0.05) is 46.9 Å². The van der Waals surface area contributed by atoms with Gasteiger partial charge in [-0.3, -0.25) is 9.98 Å². The van der Waals surface area contributed by atoms with E-state index in [9.17, 15) is 4.39 Å². The smallest absolute Gasteiger partial charge is 0.160 e. The first kappa shape index (κ1) is 22.7. The monoisotopic (exact) mass is 467 g/mol. The molecule has 0 amide bonds. The highest BCUT2D eigenvalue weighted by molar-refractivity contribution is 6.38. The fourth-order valence-corrected chi connectivity index (χ4v) is 4.33. The van der Waals surface area contributed by atoms with E-state index in [0.717, 1.165) is 48.0 Å². The number of piperidine rings is 1. The third-order valence-corrected chi connectivity index (χ3v) is 6.31. The Bertz CT molecular complexity index is 1410. The molecule has 1 aromatic carbocycles. The Kier molecular flexibility index (Phi) is 6.54. The summed E-state index contributed by atoms with van der Waals surface area (Å²) in [5.74, 6) is 5.40. The van der Waals surface area contributed by atoms with E-state index < -0.39 is 0 Å². The van der Waals surface area contributed by atoms with Gasteiger partial charge in [-0.05, 0) is 74.9 Å². The number of rotatable bonds is 5. The Labute approximate surface area is 203 Å². The third kappa shape index (κ3) is 4.93. The average Bonchev–Trinajstić information content (AvgIpc) is 2.90. The molecule has 4 aromatic rings. The van der Waals surface area contributed by atoms with Gasteiger partial charge in [0.1, 0.15) is 11.5 Å². The van der Waals surface area contributed by atoms with Gasteiger partial charge < -0.3 is 10.7 Å². The highest BCUT2D eigenvalue weighted by Gasteiger charge is 2.16. The topological polar surface area (TPSA) is 92.7 Å². The number of nitrogens with two attached hydrogens (primary N) is 1. The van der Waals surface area contributed by atoms with Crippen LogP contribution >= 0.6 is 0 Å². The number of hydrogen-bond donors (Lipinski definition) is 1. The van der Waals surface area contributed by atoms with Crippen LogP contribution in [0.15, 0.2) is 77.2 Å². The summed E-state index contributed by atoms with van der Waals surface area (Å²) in [5, 5.41) is 4.82. The van der Waals surface area contributed by atoms with Crippen molar-refractivity contribution in [1.82, 2.24) is 19.9 Å². The first-order valence-corrected chi connectivity index (χ1v) is 11.6. The Morgan fingerprint density at radius 1 is 1.09 bits per heavy atom. The Balaban J connectivity index is 1.54. The third-order valence-electron chi connectivity index (χ3n) is 6.31. The van der Waals surface area contributed by atoms with Crippen molar-refractivity contribution in [2.45, 2.75) is 18.9 Å². The van der Waals surface area contributed by atoms with Crippen molar-refractivity contribution in [3.8, 4) is 22.4 Å². The molecule has 0 aliphatic carbocycles. The molecule has 1 aliphatic rings. The minimum absolute atomic E-state index is 0.262. The zero-order valence-corrected chi connectivity index (χ0v) is 19.5. The summed E-state index contributed by atoms with van der Waals surface area (Å²) >= 11 is 0. The number of hydrazone groups is 1. The van der Waals surface area contributed by atoms with E-state index in [1.54, 1.807) is 43.0 Å². The van der Waals surface area contributed by atoms with Gasteiger partial charge in [0.2, 0.25) is 0 Å². The molecule has 0 unspecified atom stereocenters. The summed E-state index contributed by atoms with van der Waals surface area (Å²) in [7, 11) is 2.12. The van der Waals surface area contributed by atoms with Crippen molar-refractivity contribution in [2.24, 2.45) is 15.9 Å². The molecule has 5 rings (SSSR count). The zero-order chi connectivity index (χ0) is 24.2. The van der Waals surface area contributed by atoms with E-state index in [1.807, 2.05) is 24.3 Å². The number of nitrogens with zero attached hydrogens (tertiary/aromatic N) is 6. The maximum Gasteiger partial charge on any atom is 0.160 e. The van der Waals surface area contributed by atoms with E-state index in [2.05, 4.69) is 32.0 Å². The second-order valence-electron chi connectivity index (χ2n) is 8.70. The van der Waals surface area contributed by atoms with E-state index in [-0.39, 0.29) is 11.9 Å². The molecule has 1 fully saturated rings. The lowest BCUT2D eigenvalue weighted by Crippen LogP contribution is -2.32. The number of aromatic nitrogens is 3. The second-order valence-corrected chi connectivity index (χ2v) is 8.70. The van der Waals surface area contributed by atoms with Crippen LogP contribution in [0.3, 0.4) is 0 Å². The lowest BCUT2D eigenvalue weighted by atomic mass is 9.99. The van der Waals surface area contributed by atoms with Gasteiger partial charge in [-0.15, -0.1) is 0 Å². The van der Waals surface area contributed by atoms with Crippen LogP contribution in [0.1, 0.15) is 18.4 Å². The fourth-order valence-electron chi connectivity index (χ4n) is 4.33. The lowest BCUT2D eigenvalue weighted by Gasteiger charge is -2.26. The molecule has 3 aromatic heterocycles. The predicted molar refractivity (Wildman–Crippen MR) is 138 cm³/mol. The van der Waals surface area contributed by atoms with Crippen molar-refractivity contribution < 1.29 is 4.39 Å². The maximum atomic E-state index is 14.6. The van der Waals surface area contributed by atoms with Crippen LogP contribution in [-0.2, 0) is 0 Å². The average molecular weight is 468 g/mol. The number of pyridine rings is 3. The molecule has 35 heavy (non-hydrogen) atoms. The van der Waals surface area contributed by atoms with Crippen LogP contribution < -0.4 is 5.84 Å². The van der Waals surface area contributed by atoms with Crippen molar-refractivity contribution in [2.75, 3.05) is 20.1 Å². The molecule has 1 aliphatic heterocycles. The lowest BCUT2D eigenvalue weighted by molar-refractivity contribution is 0.257. The summed E-state index contributed by atoms with van der Waals surface area (Å²) in [5.41, 5.74) is 4.44. The fraction of sp³-hybridized carbons (Fsp3) is 0.222. The van der Waals surface area contributed by atoms with Crippen LogP contribution in [0.4, 0.5) is 4.39 Å².